The summed E-state index contributed by atoms with van der Waals surface area (Å²) in [7, 11) is 2.09. The number of pyridine rings is 1. The molecule has 2 heterocycles. The Balaban J connectivity index is 1.78. The van der Waals surface area contributed by atoms with E-state index in [1.807, 2.05) is 24.4 Å². The largest absolute Gasteiger partial charge is 0.493 e. The molecule has 2 aromatic rings. The maximum Gasteiger partial charge on any atom is 0.122 e. The van der Waals surface area contributed by atoms with Crippen LogP contribution in [0.1, 0.15) is 22.9 Å². The lowest BCUT2D eigenvalue weighted by Crippen LogP contribution is -2.30. The number of nitrogens with two attached hydrogens (primary N) is 1. The fraction of sp³-hybridized carbons (Fsp3) is 0.353. The highest BCUT2D eigenvalue weighted by molar-refractivity contribution is 5.40. The van der Waals surface area contributed by atoms with Gasteiger partial charge in [0, 0.05) is 31.7 Å². The maximum atomic E-state index is 6.01. The van der Waals surface area contributed by atoms with E-state index in [1.165, 1.54) is 11.1 Å². The van der Waals surface area contributed by atoms with Crippen LogP contribution in [0.4, 0.5) is 0 Å². The summed E-state index contributed by atoms with van der Waals surface area (Å²) in [4.78, 5) is 6.63. The lowest BCUT2D eigenvalue weighted by Gasteiger charge is -2.27. The van der Waals surface area contributed by atoms with Crippen LogP contribution in [0.15, 0.2) is 42.6 Å². The molecule has 0 bridgehead atoms. The average Bonchev–Trinajstić information content (AvgIpc) is 2.96. The van der Waals surface area contributed by atoms with Crippen molar-refractivity contribution in [1.29, 1.82) is 0 Å². The van der Waals surface area contributed by atoms with Crippen LogP contribution >= 0.6 is 0 Å². The van der Waals surface area contributed by atoms with Crippen LogP contribution in [0.5, 0.6) is 5.75 Å². The van der Waals surface area contributed by atoms with Gasteiger partial charge in [-0.3, -0.25) is 9.88 Å². The van der Waals surface area contributed by atoms with Crippen LogP contribution in [-0.4, -0.2) is 30.1 Å². The molecule has 1 aliphatic heterocycles. The van der Waals surface area contributed by atoms with E-state index in [0.29, 0.717) is 6.54 Å². The van der Waals surface area contributed by atoms with Gasteiger partial charge in [-0.1, -0.05) is 18.2 Å². The summed E-state index contributed by atoms with van der Waals surface area (Å²) in [6.45, 7) is 2.16. The number of hydrogen-bond acceptors (Lipinski definition) is 4. The van der Waals surface area contributed by atoms with Crippen molar-refractivity contribution in [2.45, 2.75) is 19.0 Å². The van der Waals surface area contributed by atoms with Gasteiger partial charge in [0.2, 0.25) is 0 Å². The number of ether oxygens (including phenoxy) is 1. The third-order valence-electron chi connectivity index (χ3n) is 3.99. The molecule has 21 heavy (non-hydrogen) atoms. The van der Waals surface area contributed by atoms with Gasteiger partial charge >= 0.3 is 0 Å². The topological polar surface area (TPSA) is 51.4 Å². The first-order valence-corrected chi connectivity index (χ1v) is 7.34. The second-order valence-corrected chi connectivity index (χ2v) is 5.45. The predicted molar refractivity (Wildman–Crippen MR) is 83.1 cm³/mol. The minimum atomic E-state index is 0.193. The molecule has 4 heteroatoms. The van der Waals surface area contributed by atoms with Gasteiger partial charge in [0.05, 0.1) is 12.3 Å². The molecule has 0 radical (unpaired) electrons. The monoisotopic (exact) mass is 283 g/mol. The van der Waals surface area contributed by atoms with E-state index in [1.54, 1.807) is 0 Å². The van der Waals surface area contributed by atoms with Gasteiger partial charge in [0.25, 0.3) is 0 Å². The van der Waals surface area contributed by atoms with Crippen LogP contribution in [0.2, 0.25) is 0 Å². The highest BCUT2D eigenvalue weighted by Gasteiger charge is 2.19. The van der Waals surface area contributed by atoms with Crippen molar-refractivity contribution in [3.8, 4) is 5.75 Å². The smallest absolute Gasteiger partial charge is 0.122 e. The van der Waals surface area contributed by atoms with Crippen molar-refractivity contribution in [3.05, 3.63) is 59.4 Å². The van der Waals surface area contributed by atoms with Crippen LogP contribution in [0, 0.1) is 0 Å². The minimum absolute atomic E-state index is 0.193. The van der Waals surface area contributed by atoms with Gasteiger partial charge in [-0.15, -0.1) is 0 Å². The lowest BCUT2D eigenvalue weighted by atomic mass is 10.0. The number of fused-ring (bicyclic) bond motifs is 1. The third-order valence-corrected chi connectivity index (χ3v) is 3.99. The number of aromatic nitrogens is 1. The number of rotatable bonds is 5. The first kappa shape index (κ1) is 14.0. The van der Waals surface area contributed by atoms with Gasteiger partial charge in [-0.2, -0.15) is 0 Å². The Hall–Kier alpha value is -1.91. The Kier molecular flexibility index (Phi) is 4.18. The number of benzene rings is 1. The quantitative estimate of drug-likeness (QED) is 0.913. The van der Waals surface area contributed by atoms with Crippen LogP contribution in [-0.2, 0) is 13.0 Å². The van der Waals surface area contributed by atoms with E-state index in [9.17, 15) is 0 Å². The molecule has 0 aliphatic carbocycles. The molecule has 0 saturated carbocycles. The van der Waals surface area contributed by atoms with E-state index in [4.69, 9.17) is 10.5 Å². The lowest BCUT2D eigenvalue weighted by molar-refractivity contribution is 0.239. The van der Waals surface area contributed by atoms with Gasteiger partial charge in [0.15, 0.2) is 0 Å². The molecule has 0 saturated heterocycles. The molecule has 4 nitrogen and oxygen atoms in total. The molecule has 1 aromatic carbocycles. The Labute approximate surface area is 125 Å². The SMILES string of the molecule is CN(Cc1ccccn1)C(CN)c1ccc2c(c1)CCO2. The molecular formula is C17H21N3O. The van der Waals surface area contributed by atoms with E-state index in [2.05, 4.69) is 35.1 Å². The van der Waals surface area contributed by atoms with Crippen LogP contribution in [0.3, 0.4) is 0 Å². The normalized spacial score (nSPS) is 14.8. The Morgan fingerprint density at radius 3 is 3.00 bits per heavy atom. The minimum Gasteiger partial charge on any atom is -0.493 e. The summed E-state index contributed by atoms with van der Waals surface area (Å²) in [6.07, 6.45) is 2.82. The molecule has 2 N–H and O–H groups in total. The first-order chi connectivity index (χ1) is 10.3. The fourth-order valence-electron chi connectivity index (χ4n) is 2.84. The molecular weight excluding hydrogens is 262 g/mol. The zero-order valence-electron chi connectivity index (χ0n) is 12.3. The van der Waals surface area contributed by atoms with Crippen LogP contribution in [0.25, 0.3) is 0 Å². The molecule has 0 fully saturated rings. The second-order valence-electron chi connectivity index (χ2n) is 5.45. The van der Waals surface area contributed by atoms with Gasteiger partial charge in [-0.05, 0) is 36.4 Å². The zero-order chi connectivity index (χ0) is 14.7. The van der Waals surface area contributed by atoms with E-state index in [0.717, 1.165) is 31.0 Å². The van der Waals surface area contributed by atoms with Crippen molar-refractivity contribution < 1.29 is 4.74 Å². The van der Waals surface area contributed by atoms with E-state index >= 15 is 0 Å². The van der Waals surface area contributed by atoms with Gasteiger partial charge in [-0.25, -0.2) is 0 Å². The second kappa shape index (κ2) is 6.24. The zero-order valence-corrected chi connectivity index (χ0v) is 12.3. The molecule has 110 valence electrons. The number of likely N-dealkylation sites (N-methyl/N-ethyl adjacent to an activating group) is 1. The summed E-state index contributed by atoms with van der Waals surface area (Å²) in [5.74, 6) is 1.02. The first-order valence-electron chi connectivity index (χ1n) is 7.34. The third kappa shape index (κ3) is 3.06. The molecule has 1 atom stereocenters. The summed E-state index contributed by atoms with van der Waals surface area (Å²) in [6, 6.07) is 12.6. The fourth-order valence-corrected chi connectivity index (χ4v) is 2.84. The number of hydrogen-bond donors (Lipinski definition) is 1. The number of nitrogens with zero attached hydrogens (tertiary/aromatic N) is 2. The molecule has 1 unspecified atom stereocenters. The highest BCUT2D eigenvalue weighted by atomic mass is 16.5. The summed E-state index contributed by atoms with van der Waals surface area (Å²) in [5, 5.41) is 0. The predicted octanol–water partition coefficient (Wildman–Crippen LogP) is 2.15. The molecule has 1 aliphatic rings. The van der Waals surface area contributed by atoms with Gasteiger partial charge < -0.3 is 10.5 Å². The van der Waals surface area contributed by atoms with Crippen molar-refractivity contribution in [2.24, 2.45) is 5.73 Å². The maximum absolute atomic E-state index is 6.01. The molecule has 3 rings (SSSR count). The van der Waals surface area contributed by atoms with Crippen molar-refractivity contribution >= 4 is 0 Å². The standard InChI is InChI=1S/C17H21N3O/c1-20(12-15-4-2-3-8-19-15)16(11-18)13-5-6-17-14(10-13)7-9-21-17/h2-6,8,10,16H,7,9,11-12,18H2,1H3. The summed E-state index contributed by atoms with van der Waals surface area (Å²) >= 11 is 0. The molecule has 1 aromatic heterocycles. The van der Waals surface area contributed by atoms with Crippen LogP contribution < -0.4 is 10.5 Å². The van der Waals surface area contributed by atoms with Crippen molar-refractivity contribution in [2.75, 3.05) is 20.2 Å². The Morgan fingerprint density at radius 2 is 2.24 bits per heavy atom. The Bertz CT molecular complexity index is 600. The van der Waals surface area contributed by atoms with E-state index < -0.39 is 0 Å². The molecule has 0 amide bonds. The van der Waals surface area contributed by atoms with E-state index in [-0.39, 0.29) is 6.04 Å². The highest BCUT2D eigenvalue weighted by Crippen LogP contribution is 2.29. The summed E-state index contributed by atoms with van der Waals surface area (Å²) in [5.41, 5.74) is 9.61. The van der Waals surface area contributed by atoms with Crippen molar-refractivity contribution in [1.82, 2.24) is 9.88 Å². The Morgan fingerprint density at radius 1 is 1.33 bits per heavy atom. The van der Waals surface area contributed by atoms with Crippen molar-refractivity contribution in [3.63, 3.8) is 0 Å². The van der Waals surface area contributed by atoms with Gasteiger partial charge in [0.1, 0.15) is 5.75 Å². The average molecular weight is 283 g/mol. The molecule has 0 spiro atoms. The summed E-state index contributed by atoms with van der Waals surface area (Å²) < 4.78 is 5.57.